The molecule has 0 saturated heterocycles. The maximum Gasteiger partial charge on any atom is 0.251 e. The maximum absolute atomic E-state index is 12.6. The van der Waals surface area contributed by atoms with Gasteiger partial charge in [-0.05, 0) is 66.2 Å². The van der Waals surface area contributed by atoms with Gasteiger partial charge in [-0.25, -0.2) is 8.42 Å². The van der Waals surface area contributed by atoms with Crippen LogP contribution in [0.1, 0.15) is 15.9 Å². The lowest BCUT2D eigenvalue weighted by Crippen LogP contribution is -2.29. The van der Waals surface area contributed by atoms with Crippen LogP contribution in [0.2, 0.25) is 0 Å². The Labute approximate surface area is 228 Å². The van der Waals surface area contributed by atoms with Gasteiger partial charge in [0.15, 0.2) is 11.5 Å². The number of anilines is 1. The van der Waals surface area contributed by atoms with E-state index < -0.39 is 10.0 Å². The molecule has 0 bridgehead atoms. The highest BCUT2D eigenvalue weighted by Gasteiger charge is 2.18. The fourth-order valence-electron chi connectivity index (χ4n) is 3.80. The number of hydrogen-bond donors (Lipinski definition) is 1. The first kappa shape index (κ1) is 27.5. The fraction of sp³-hybridized carbons (Fsp3) is 0.167. The Morgan fingerprint density at radius 2 is 1.41 bits per heavy atom. The number of para-hydroxylation sites is 3. The van der Waals surface area contributed by atoms with Gasteiger partial charge in [0, 0.05) is 5.56 Å². The average molecular weight is 547 g/mol. The van der Waals surface area contributed by atoms with Gasteiger partial charge in [-0.3, -0.25) is 9.10 Å². The first-order chi connectivity index (χ1) is 18.8. The monoisotopic (exact) mass is 546 g/mol. The normalized spacial score (nSPS) is 10.9. The number of sulfonamides is 1. The van der Waals surface area contributed by atoms with Crippen molar-refractivity contribution in [3.05, 3.63) is 114 Å². The van der Waals surface area contributed by atoms with Gasteiger partial charge in [-0.1, -0.05) is 42.5 Å². The Kier molecular flexibility index (Phi) is 9.06. The molecule has 4 aromatic carbocycles. The van der Waals surface area contributed by atoms with E-state index in [4.69, 9.17) is 14.2 Å². The summed E-state index contributed by atoms with van der Waals surface area (Å²) < 4.78 is 43.2. The minimum Gasteiger partial charge on any atom is -0.493 e. The van der Waals surface area contributed by atoms with Crippen LogP contribution >= 0.6 is 0 Å². The molecule has 0 aliphatic rings. The van der Waals surface area contributed by atoms with Crippen LogP contribution in [0, 0.1) is 0 Å². The van der Waals surface area contributed by atoms with Gasteiger partial charge in [-0.15, -0.1) is 0 Å². The van der Waals surface area contributed by atoms with E-state index in [-0.39, 0.29) is 19.1 Å². The number of methoxy groups -OCH3 is 1. The van der Waals surface area contributed by atoms with Crippen molar-refractivity contribution in [3.63, 3.8) is 0 Å². The van der Waals surface area contributed by atoms with E-state index in [1.165, 1.54) is 4.31 Å². The zero-order valence-corrected chi connectivity index (χ0v) is 22.6. The van der Waals surface area contributed by atoms with Crippen LogP contribution in [-0.4, -0.2) is 40.8 Å². The van der Waals surface area contributed by atoms with E-state index in [0.29, 0.717) is 40.8 Å². The highest BCUT2D eigenvalue weighted by atomic mass is 32.2. The Morgan fingerprint density at radius 1 is 0.795 bits per heavy atom. The van der Waals surface area contributed by atoms with Gasteiger partial charge in [-0.2, -0.15) is 0 Å². The van der Waals surface area contributed by atoms with Crippen LogP contribution in [0.4, 0.5) is 5.69 Å². The van der Waals surface area contributed by atoms with Crippen LogP contribution < -0.4 is 23.8 Å². The van der Waals surface area contributed by atoms with Crippen molar-refractivity contribution >= 4 is 21.6 Å². The summed E-state index contributed by atoms with van der Waals surface area (Å²) in [5.74, 6) is 2.27. The summed E-state index contributed by atoms with van der Waals surface area (Å²) in [6.45, 7) is 0.708. The molecule has 9 heteroatoms. The summed E-state index contributed by atoms with van der Waals surface area (Å²) >= 11 is 0. The van der Waals surface area contributed by atoms with E-state index in [1.54, 1.807) is 67.8 Å². The average Bonchev–Trinajstić information content (AvgIpc) is 2.95. The van der Waals surface area contributed by atoms with Crippen molar-refractivity contribution in [2.75, 3.05) is 30.8 Å². The lowest BCUT2D eigenvalue weighted by molar-refractivity contribution is 0.0946. The largest absolute Gasteiger partial charge is 0.493 e. The maximum atomic E-state index is 12.6. The van der Waals surface area contributed by atoms with Crippen molar-refractivity contribution in [1.82, 2.24) is 5.32 Å². The lowest BCUT2D eigenvalue weighted by Gasteiger charge is -2.23. The quantitative estimate of drug-likeness (QED) is 0.244. The summed E-state index contributed by atoms with van der Waals surface area (Å²) in [6.07, 6.45) is 1.16. The molecule has 4 rings (SSSR count). The number of nitrogens with zero attached hydrogens (tertiary/aromatic N) is 1. The smallest absolute Gasteiger partial charge is 0.251 e. The zero-order valence-electron chi connectivity index (χ0n) is 21.7. The fourth-order valence-corrected chi connectivity index (χ4v) is 4.69. The Balaban J connectivity index is 1.34. The summed E-state index contributed by atoms with van der Waals surface area (Å²) in [7, 11) is -2.00. The summed E-state index contributed by atoms with van der Waals surface area (Å²) in [5, 5.41) is 2.82. The van der Waals surface area contributed by atoms with Gasteiger partial charge in [0.05, 0.1) is 32.1 Å². The van der Waals surface area contributed by atoms with E-state index in [0.717, 1.165) is 11.8 Å². The van der Waals surface area contributed by atoms with Crippen molar-refractivity contribution in [1.29, 1.82) is 0 Å². The third-order valence-corrected chi connectivity index (χ3v) is 6.90. The molecule has 0 saturated carbocycles. The van der Waals surface area contributed by atoms with Crippen molar-refractivity contribution in [2.45, 2.75) is 6.54 Å². The van der Waals surface area contributed by atoms with Gasteiger partial charge in [0.2, 0.25) is 10.0 Å². The second-order valence-corrected chi connectivity index (χ2v) is 10.5. The van der Waals surface area contributed by atoms with E-state index in [2.05, 4.69) is 5.32 Å². The second-order valence-electron chi connectivity index (χ2n) is 8.63. The molecule has 202 valence electrons. The molecule has 1 N–H and O–H groups in total. The molecule has 39 heavy (non-hydrogen) atoms. The third-order valence-electron chi connectivity index (χ3n) is 5.76. The molecule has 0 spiro atoms. The van der Waals surface area contributed by atoms with Gasteiger partial charge in [0.25, 0.3) is 5.91 Å². The van der Waals surface area contributed by atoms with Crippen LogP contribution in [0.3, 0.4) is 0 Å². The SMILES string of the molecule is COc1ccccc1OCCNC(=O)c1ccc(CN(c2ccc(Oc3ccccc3)cc2)S(C)(=O)=O)cc1. The van der Waals surface area contributed by atoms with Crippen molar-refractivity contribution < 1.29 is 27.4 Å². The van der Waals surface area contributed by atoms with Crippen molar-refractivity contribution in [2.24, 2.45) is 0 Å². The lowest BCUT2D eigenvalue weighted by atomic mass is 10.1. The van der Waals surface area contributed by atoms with Crippen LogP contribution in [0.15, 0.2) is 103 Å². The minimum atomic E-state index is -3.57. The topological polar surface area (TPSA) is 94.2 Å². The number of amides is 1. The summed E-state index contributed by atoms with van der Waals surface area (Å²) in [4.78, 5) is 12.5. The number of ether oxygens (including phenoxy) is 3. The van der Waals surface area contributed by atoms with Gasteiger partial charge >= 0.3 is 0 Å². The molecule has 0 atom stereocenters. The molecule has 0 aliphatic heterocycles. The molecule has 1 amide bonds. The first-order valence-corrected chi connectivity index (χ1v) is 14.1. The molecule has 0 heterocycles. The number of rotatable bonds is 12. The molecule has 0 fully saturated rings. The molecular weight excluding hydrogens is 516 g/mol. The molecule has 8 nitrogen and oxygen atoms in total. The molecule has 4 aromatic rings. The summed E-state index contributed by atoms with van der Waals surface area (Å²) in [5.41, 5.74) is 1.71. The second kappa shape index (κ2) is 12.8. The van der Waals surface area contributed by atoms with E-state index >= 15 is 0 Å². The van der Waals surface area contributed by atoms with Crippen LogP contribution in [-0.2, 0) is 16.6 Å². The highest BCUT2D eigenvalue weighted by Crippen LogP contribution is 2.27. The number of carbonyl (C=O) groups excluding carboxylic acids is 1. The molecule has 0 aliphatic carbocycles. The minimum absolute atomic E-state index is 0.117. The van der Waals surface area contributed by atoms with Crippen LogP contribution in [0.5, 0.6) is 23.0 Å². The van der Waals surface area contributed by atoms with Gasteiger partial charge in [0.1, 0.15) is 18.1 Å². The third kappa shape index (κ3) is 7.75. The van der Waals surface area contributed by atoms with Crippen molar-refractivity contribution in [3.8, 4) is 23.0 Å². The van der Waals surface area contributed by atoms with E-state index in [9.17, 15) is 13.2 Å². The Bertz CT molecular complexity index is 1470. The molecule has 0 aromatic heterocycles. The number of benzene rings is 4. The molecule has 0 unspecified atom stereocenters. The highest BCUT2D eigenvalue weighted by molar-refractivity contribution is 7.92. The molecule has 0 radical (unpaired) electrons. The number of carbonyl (C=O) groups is 1. The predicted molar refractivity (Wildman–Crippen MR) is 151 cm³/mol. The predicted octanol–water partition coefficient (Wildman–Crippen LogP) is 5.26. The van der Waals surface area contributed by atoms with E-state index in [1.807, 2.05) is 42.5 Å². The Hall–Kier alpha value is -4.50. The standard InChI is InChI=1S/C30H30N2O6S/c1-36-28-10-6-7-11-29(28)37-21-20-31-30(33)24-14-12-23(13-15-24)22-32(39(2,34)35)25-16-18-27(19-17-25)38-26-8-4-3-5-9-26/h3-19H,20-22H2,1-2H3,(H,31,33). The van der Waals surface area contributed by atoms with Crippen LogP contribution in [0.25, 0.3) is 0 Å². The first-order valence-electron chi connectivity index (χ1n) is 12.3. The molecular formula is C30H30N2O6S. The number of hydrogen-bond acceptors (Lipinski definition) is 6. The summed E-state index contributed by atoms with van der Waals surface area (Å²) in [6, 6.07) is 30.3. The zero-order chi connectivity index (χ0) is 27.7. The Morgan fingerprint density at radius 3 is 2.05 bits per heavy atom. The van der Waals surface area contributed by atoms with Gasteiger partial charge < -0.3 is 19.5 Å². The number of nitrogens with one attached hydrogen (secondary N) is 1.